The van der Waals surface area contributed by atoms with Gasteiger partial charge >= 0.3 is 0 Å². The summed E-state index contributed by atoms with van der Waals surface area (Å²) >= 11 is 7.09. The third-order valence-corrected chi connectivity index (χ3v) is 5.70. The lowest BCUT2D eigenvalue weighted by molar-refractivity contribution is 0.632. The molecule has 4 aromatic rings. The monoisotopic (exact) mass is 395 g/mol. The molecule has 0 spiro atoms. The zero-order chi connectivity index (χ0) is 18.6. The van der Waals surface area contributed by atoms with Gasteiger partial charge in [-0.05, 0) is 47.4 Å². The summed E-state index contributed by atoms with van der Waals surface area (Å²) in [5, 5.41) is 9.86. The Morgan fingerprint density at radius 3 is 2.70 bits per heavy atom. The van der Waals surface area contributed by atoms with Gasteiger partial charge in [-0.25, -0.2) is 4.39 Å². The van der Waals surface area contributed by atoms with Crippen LogP contribution in [0.15, 0.2) is 72.2 Å². The number of anilines is 1. The van der Waals surface area contributed by atoms with E-state index in [0.29, 0.717) is 17.3 Å². The molecular formula is C21H18FN3S2. The number of thiophene rings is 1. The molecule has 0 amide bonds. The molecule has 3 nitrogen and oxygen atoms in total. The van der Waals surface area contributed by atoms with E-state index in [0.717, 1.165) is 5.52 Å². The van der Waals surface area contributed by atoms with E-state index in [1.54, 1.807) is 29.5 Å². The number of H-pyrrole nitrogens is 1. The number of aromatic nitrogens is 1. The van der Waals surface area contributed by atoms with E-state index in [1.165, 1.54) is 21.9 Å². The van der Waals surface area contributed by atoms with Gasteiger partial charge < -0.3 is 15.6 Å². The van der Waals surface area contributed by atoms with Gasteiger partial charge in [-0.1, -0.05) is 36.4 Å². The Kier molecular flexibility index (Phi) is 5.18. The molecule has 27 heavy (non-hydrogen) atoms. The predicted octanol–water partition coefficient (Wildman–Crippen LogP) is 5.49. The van der Waals surface area contributed by atoms with Crippen LogP contribution in [0.2, 0.25) is 0 Å². The standard InChI is InChI=1S/C21H18FN3S2/c22-17-7-2-4-9-19(17)25-21(26)24-13-16(20-10-5-11-27-20)15-12-23-18-8-3-1-6-14(15)18/h1-12,16,23H,13H2,(H2,24,25,26). The third-order valence-electron chi connectivity index (χ3n) is 4.47. The molecular weight excluding hydrogens is 377 g/mol. The van der Waals surface area contributed by atoms with Gasteiger partial charge in [0.1, 0.15) is 5.82 Å². The number of hydrogen-bond donors (Lipinski definition) is 3. The third kappa shape index (κ3) is 3.86. The number of fused-ring (bicyclic) bond motifs is 1. The van der Waals surface area contributed by atoms with Crippen LogP contribution in [0.25, 0.3) is 10.9 Å². The van der Waals surface area contributed by atoms with Crippen molar-refractivity contribution in [2.75, 3.05) is 11.9 Å². The largest absolute Gasteiger partial charge is 0.361 e. The second kappa shape index (κ2) is 7.90. The molecule has 2 aromatic heterocycles. The van der Waals surface area contributed by atoms with Crippen LogP contribution in [0.4, 0.5) is 10.1 Å². The van der Waals surface area contributed by atoms with E-state index < -0.39 is 0 Å². The average Bonchev–Trinajstić information content (AvgIpc) is 3.35. The Hall–Kier alpha value is -2.70. The predicted molar refractivity (Wildman–Crippen MR) is 115 cm³/mol. The molecule has 3 N–H and O–H groups in total. The van der Waals surface area contributed by atoms with Crippen LogP contribution in [-0.4, -0.2) is 16.6 Å². The first kappa shape index (κ1) is 17.7. The highest BCUT2D eigenvalue weighted by molar-refractivity contribution is 7.80. The maximum Gasteiger partial charge on any atom is 0.170 e. The summed E-state index contributed by atoms with van der Waals surface area (Å²) in [6.07, 6.45) is 2.06. The van der Waals surface area contributed by atoms with E-state index in [4.69, 9.17) is 12.2 Å². The number of benzene rings is 2. The molecule has 0 bridgehead atoms. The molecule has 0 radical (unpaired) electrons. The highest BCUT2D eigenvalue weighted by Gasteiger charge is 2.19. The van der Waals surface area contributed by atoms with Gasteiger partial charge in [0.05, 0.1) is 5.69 Å². The Balaban J connectivity index is 1.54. The molecule has 1 unspecified atom stereocenters. The number of halogens is 1. The van der Waals surface area contributed by atoms with Gasteiger partial charge in [0.2, 0.25) is 0 Å². The summed E-state index contributed by atoms with van der Waals surface area (Å²) in [6, 6.07) is 18.9. The van der Waals surface area contributed by atoms with Crippen molar-refractivity contribution >= 4 is 45.3 Å². The molecule has 1 atom stereocenters. The minimum absolute atomic E-state index is 0.140. The smallest absolute Gasteiger partial charge is 0.170 e. The summed E-state index contributed by atoms with van der Waals surface area (Å²) < 4.78 is 13.8. The quantitative estimate of drug-likeness (QED) is 0.392. The summed E-state index contributed by atoms with van der Waals surface area (Å²) in [7, 11) is 0. The number of rotatable bonds is 5. The fraction of sp³-hybridized carbons (Fsp3) is 0.0952. The van der Waals surface area contributed by atoms with Crippen molar-refractivity contribution < 1.29 is 4.39 Å². The SMILES string of the molecule is Fc1ccccc1NC(=S)NCC(c1cccs1)c1c[nH]c2ccccc12. The fourth-order valence-corrected chi connectivity index (χ4v) is 4.20. The van der Waals surface area contributed by atoms with Gasteiger partial charge in [-0.2, -0.15) is 0 Å². The van der Waals surface area contributed by atoms with Gasteiger partial charge in [-0.15, -0.1) is 11.3 Å². The highest BCUT2D eigenvalue weighted by atomic mass is 32.1. The normalized spacial score (nSPS) is 12.0. The molecule has 0 aliphatic carbocycles. The number of hydrogen-bond acceptors (Lipinski definition) is 2. The van der Waals surface area contributed by atoms with Crippen LogP contribution < -0.4 is 10.6 Å². The summed E-state index contributed by atoms with van der Waals surface area (Å²) in [6.45, 7) is 0.614. The van der Waals surface area contributed by atoms with Crippen molar-refractivity contribution in [3.63, 3.8) is 0 Å². The molecule has 2 aromatic carbocycles. The Bertz CT molecular complexity index is 1060. The van der Waals surface area contributed by atoms with Crippen LogP contribution in [0.3, 0.4) is 0 Å². The first-order chi connectivity index (χ1) is 13.2. The van der Waals surface area contributed by atoms with Crippen LogP contribution in [0, 0.1) is 5.82 Å². The number of thiocarbonyl (C=S) groups is 1. The van der Waals surface area contributed by atoms with Crippen LogP contribution >= 0.6 is 23.6 Å². The van der Waals surface area contributed by atoms with Crippen molar-refractivity contribution in [2.24, 2.45) is 0 Å². The fourth-order valence-electron chi connectivity index (χ4n) is 3.16. The lowest BCUT2D eigenvalue weighted by atomic mass is 9.97. The van der Waals surface area contributed by atoms with E-state index >= 15 is 0 Å². The van der Waals surface area contributed by atoms with Crippen molar-refractivity contribution in [3.05, 3.63) is 88.5 Å². The van der Waals surface area contributed by atoms with Gasteiger partial charge in [0.25, 0.3) is 0 Å². The Labute approximate surface area is 166 Å². The topological polar surface area (TPSA) is 39.8 Å². The van der Waals surface area contributed by atoms with E-state index in [2.05, 4.69) is 51.5 Å². The molecule has 136 valence electrons. The molecule has 0 saturated heterocycles. The zero-order valence-corrected chi connectivity index (χ0v) is 16.0. The van der Waals surface area contributed by atoms with E-state index in [1.807, 2.05) is 12.1 Å². The van der Waals surface area contributed by atoms with Crippen LogP contribution in [0.1, 0.15) is 16.4 Å². The molecule has 0 saturated carbocycles. The zero-order valence-electron chi connectivity index (χ0n) is 14.4. The average molecular weight is 396 g/mol. The first-order valence-electron chi connectivity index (χ1n) is 8.61. The maximum atomic E-state index is 13.8. The molecule has 0 aliphatic rings. The van der Waals surface area contributed by atoms with E-state index in [-0.39, 0.29) is 11.7 Å². The first-order valence-corrected chi connectivity index (χ1v) is 9.90. The van der Waals surface area contributed by atoms with Gasteiger partial charge in [0, 0.05) is 34.4 Å². The highest BCUT2D eigenvalue weighted by Crippen LogP contribution is 2.32. The summed E-state index contributed by atoms with van der Waals surface area (Å²) in [5.41, 5.74) is 2.70. The molecule has 2 heterocycles. The lowest BCUT2D eigenvalue weighted by Crippen LogP contribution is -2.32. The molecule has 6 heteroatoms. The lowest BCUT2D eigenvalue weighted by Gasteiger charge is -2.18. The molecule has 4 rings (SSSR count). The van der Waals surface area contributed by atoms with Gasteiger partial charge in [-0.3, -0.25) is 0 Å². The van der Waals surface area contributed by atoms with Crippen LogP contribution in [-0.2, 0) is 0 Å². The number of para-hydroxylation sites is 2. The van der Waals surface area contributed by atoms with Crippen LogP contribution in [0.5, 0.6) is 0 Å². The number of nitrogens with one attached hydrogen (secondary N) is 3. The number of aromatic amines is 1. The van der Waals surface area contributed by atoms with Gasteiger partial charge in [0.15, 0.2) is 5.11 Å². The second-order valence-corrected chi connectivity index (χ2v) is 7.56. The molecule has 0 fully saturated rings. The van der Waals surface area contributed by atoms with Crippen molar-refractivity contribution in [1.29, 1.82) is 0 Å². The summed E-state index contributed by atoms with van der Waals surface area (Å²) in [4.78, 5) is 4.60. The Morgan fingerprint density at radius 1 is 1.07 bits per heavy atom. The summed E-state index contributed by atoms with van der Waals surface area (Å²) in [5.74, 6) is -0.186. The maximum absolute atomic E-state index is 13.8. The van der Waals surface area contributed by atoms with Crippen molar-refractivity contribution in [3.8, 4) is 0 Å². The Morgan fingerprint density at radius 2 is 1.89 bits per heavy atom. The van der Waals surface area contributed by atoms with Crippen molar-refractivity contribution in [2.45, 2.75) is 5.92 Å². The molecule has 0 aliphatic heterocycles. The second-order valence-electron chi connectivity index (χ2n) is 6.17. The van der Waals surface area contributed by atoms with E-state index in [9.17, 15) is 4.39 Å². The van der Waals surface area contributed by atoms with Crippen molar-refractivity contribution in [1.82, 2.24) is 10.3 Å². The minimum atomic E-state index is -0.326. The minimum Gasteiger partial charge on any atom is -0.361 e.